The van der Waals surface area contributed by atoms with Crippen LogP contribution < -0.4 is 15.8 Å². The summed E-state index contributed by atoms with van der Waals surface area (Å²) >= 11 is 0. The van der Waals surface area contributed by atoms with Gasteiger partial charge in [0.1, 0.15) is 10.6 Å². The lowest BCUT2D eigenvalue weighted by atomic mass is 10.00. The minimum Gasteiger partial charge on any atom is -0.492 e. The van der Waals surface area contributed by atoms with E-state index in [9.17, 15) is 13.2 Å². The normalized spacial score (nSPS) is 23.5. The van der Waals surface area contributed by atoms with Crippen molar-refractivity contribution in [3.05, 3.63) is 18.2 Å². The fourth-order valence-electron chi connectivity index (χ4n) is 3.90. The molecule has 1 aromatic rings. The van der Waals surface area contributed by atoms with Gasteiger partial charge in [-0.15, -0.1) is 0 Å². The van der Waals surface area contributed by atoms with E-state index in [4.69, 9.17) is 10.5 Å². The molecule has 1 aliphatic carbocycles. The molecule has 3 rings (SSSR count). The van der Waals surface area contributed by atoms with Gasteiger partial charge in [0.05, 0.1) is 6.61 Å². The quantitative estimate of drug-likeness (QED) is 0.738. The Morgan fingerprint density at radius 3 is 2.63 bits per heavy atom. The average Bonchev–Trinajstić information content (AvgIpc) is 3.29. The zero-order chi connectivity index (χ0) is 19.4. The lowest BCUT2D eigenvalue weighted by Gasteiger charge is -2.19. The SMILES string of the molecule is CCOc1ccc(NC(=O)C[C@@H]2CCC[C@H]2N)cc1S(=O)(=O)N1CCCC1. The van der Waals surface area contributed by atoms with Gasteiger partial charge >= 0.3 is 0 Å². The largest absolute Gasteiger partial charge is 0.492 e. The van der Waals surface area contributed by atoms with Gasteiger partial charge in [-0.05, 0) is 56.7 Å². The highest BCUT2D eigenvalue weighted by Crippen LogP contribution is 2.32. The summed E-state index contributed by atoms with van der Waals surface area (Å²) in [6, 6.07) is 4.87. The van der Waals surface area contributed by atoms with Crippen LogP contribution in [0.3, 0.4) is 0 Å². The van der Waals surface area contributed by atoms with Crippen molar-refractivity contribution in [3.63, 3.8) is 0 Å². The molecule has 150 valence electrons. The molecule has 1 saturated carbocycles. The van der Waals surface area contributed by atoms with E-state index in [2.05, 4.69) is 5.32 Å². The minimum atomic E-state index is -3.64. The lowest BCUT2D eigenvalue weighted by molar-refractivity contribution is -0.117. The first kappa shape index (κ1) is 20.1. The molecule has 2 aliphatic rings. The molecule has 8 heteroatoms. The Labute approximate surface area is 161 Å². The van der Waals surface area contributed by atoms with E-state index in [1.807, 2.05) is 6.92 Å². The van der Waals surface area contributed by atoms with Gasteiger partial charge in [0.2, 0.25) is 15.9 Å². The van der Waals surface area contributed by atoms with Crippen molar-refractivity contribution in [3.8, 4) is 5.75 Å². The summed E-state index contributed by atoms with van der Waals surface area (Å²) in [6.07, 6.45) is 5.07. The molecule has 0 radical (unpaired) electrons. The van der Waals surface area contributed by atoms with Gasteiger partial charge in [0.15, 0.2) is 0 Å². The third-order valence-electron chi connectivity index (χ3n) is 5.38. The van der Waals surface area contributed by atoms with Crippen molar-refractivity contribution in [2.75, 3.05) is 25.0 Å². The molecular weight excluding hydrogens is 366 g/mol. The van der Waals surface area contributed by atoms with Crippen molar-refractivity contribution in [2.45, 2.75) is 56.4 Å². The summed E-state index contributed by atoms with van der Waals surface area (Å²) in [4.78, 5) is 12.5. The average molecular weight is 396 g/mol. The second-order valence-corrected chi connectivity index (χ2v) is 9.22. The maximum Gasteiger partial charge on any atom is 0.246 e. The second-order valence-electron chi connectivity index (χ2n) is 7.31. The molecule has 1 aromatic carbocycles. The van der Waals surface area contributed by atoms with Crippen molar-refractivity contribution >= 4 is 21.6 Å². The number of nitrogens with two attached hydrogens (primary N) is 1. The first-order valence-corrected chi connectivity index (χ1v) is 11.2. The highest BCUT2D eigenvalue weighted by molar-refractivity contribution is 7.89. The van der Waals surface area contributed by atoms with E-state index >= 15 is 0 Å². The van der Waals surface area contributed by atoms with Crippen LogP contribution in [-0.4, -0.2) is 44.4 Å². The predicted octanol–water partition coefficient (Wildman–Crippen LogP) is 2.33. The summed E-state index contributed by atoms with van der Waals surface area (Å²) in [6.45, 7) is 3.22. The van der Waals surface area contributed by atoms with Gasteiger partial charge in [-0.1, -0.05) is 6.42 Å². The Hall–Kier alpha value is -1.64. The number of hydrogen-bond acceptors (Lipinski definition) is 5. The molecule has 0 aromatic heterocycles. The number of carbonyl (C=O) groups is 1. The van der Waals surface area contributed by atoms with E-state index in [1.165, 1.54) is 10.4 Å². The molecule has 1 aliphatic heterocycles. The number of sulfonamides is 1. The molecule has 0 bridgehead atoms. The molecule has 1 amide bonds. The summed E-state index contributed by atoms with van der Waals surface area (Å²) < 4.78 is 33.0. The van der Waals surface area contributed by atoms with Crippen LogP contribution in [0.25, 0.3) is 0 Å². The number of nitrogens with one attached hydrogen (secondary N) is 1. The van der Waals surface area contributed by atoms with Crippen LogP contribution in [0.2, 0.25) is 0 Å². The van der Waals surface area contributed by atoms with E-state index in [-0.39, 0.29) is 22.8 Å². The highest BCUT2D eigenvalue weighted by Gasteiger charge is 2.31. The summed E-state index contributed by atoms with van der Waals surface area (Å²) in [5.41, 5.74) is 6.51. The fourth-order valence-corrected chi connectivity index (χ4v) is 5.57. The number of amides is 1. The van der Waals surface area contributed by atoms with E-state index in [0.29, 0.717) is 37.6 Å². The van der Waals surface area contributed by atoms with Crippen molar-refractivity contribution < 1.29 is 17.9 Å². The molecule has 0 spiro atoms. The third kappa shape index (κ3) is 4.62. The van der Waals surface area contributed by atoms with Crippen LogP contribution in [-0.2, 0) is 14.8 Å². The summed E-state index contributed by atoms with van der Waals surface area (Å²) in [7, 11) is -3.64. The molecule has 1 saturated heterocycles. The predicted molar refractivity (Wildman–Crippen MR) is 104 cm³/mol. The van der Waals surface area contributed by atoms with Crippen LogP contribution in [0.5, 0.6) is 5.75 Å². The van der Waals surface area contributed by atoms with Gasteiger partial charge in [0.25, 0.3) is 0 Å². The highest BCUT2D eigenvalue weighted by atomic mass is 32.2. The van der Waals surface area contributed by atoms with Gasteiger partial charge in [-0.2, -0.15) is 4.31 Å². The van der Waals surface area contributed by atoms with Crippen LogP contribution in [0.4, 0.5) is 5.69 Å². The van der Waals surface area contributed by atoms with Gasteiger partial charge in [-0.25, -0.2) is 8.42 Å². The lowest BCUT2D eigenvalue weighted by Crippen LogP contribution is -2.29. The number of anilines is 1. The van der Waals surface area contributed by atoms with Crippen LogP contribution >= 0.6 is 0 Å². The Morgan fingerprint density at radius 2 is 2.00 bits per heavy atom. The third-order valence-corrected chi connectivity index (χ3v) is 7.30. The van der Waals surface area contributed by atoms with Gasteiger partial charge < -0.3 is 15.8 Å². The number of benzene rings is 1. The van der Waals surface area contributed by atoms with Crippen LogP contribution in [0.1, 0.15) is 45.4 Å². The van der Waals surface area contributed by atoms with Gasteiger partial charge in [0, 0.05) is 31.2 Å². The molecule has 1 heterocycles. The second kappa shape index (κ2) is 8.58. The number of nitrogens with zero attached hydrogens (tertiary/aromatic N) is 1. The fraction of sp³-hybridized carbons (Fsp3) is 0.632. The zero-order valence-electron chi connectivity index (χ0n) is 15.8. The molecule has 3 N–H and O–H groups in total. The zero-order valence-corrected chi connectivity index (χ0v) is 16.6. The summed E-state index contributed by atoms with van der Waals surface area (Å²) in [5, 5.41) is 2.83. The monoisotopic (exact) mass is 395 g/mol. The maximum atomic E-state index is 13.0. The Balaban J connectivity index is 1.79. The van der Waals surface area contributed by atoms with E-state index < -0.39 is 10.0 Å². The first-order valence-electron chi connectivity index (χ1n) is 9.74. The number of carbonyl (C=O) groups excluding carboxylic acids is 1. The summed E-state index contributed by atoms with van der Waals surface area (Å²) in [5.74, 6) is 0.381. The smallest absolute Gasteiger partial charge is 0.246 e. The molecular formula is C19H29N3O4S. The van der Waals surface area contributed by atoms with E-state index in [1.54, 1.807) is 12.1 Å². The van der Waals surface area contributed by atoms with Crippen molar-refractivity contribution in [2.24, 2.45) is 11.7 Å². The van der Waals surface area contributed by atoms with Crippen molar-refractivity contribution in [1.29, 1.82) is 0 Å². The van der Waals surface area contributed by atoms with Crippen LogP contribution in [0, 0.1) is 5.92 Å². The Morgan fingerprint density at radius 1 is 1.26 bits per heavy atom. The van der Waals surface area contributed by atoms with Gasteiger partial charge in [-0.3, -0.25) is 4.79 Å². The van der Waals surface area contributed by atoms with Crippen molar-refractivity contribution in [1.82, 2.24) is 4.31 Å². The molecule has 7 nitrogen and oxygen atoms in total. The minimum absolute atomic E-state index is 0.0715. The maximum absolute atomic E-state index is 13.0. The molecule has 2 fully saturated rings. The molecule has 2 atom stereocenters. The Bertz CT molecular complexity index is 775. The standard InChI is InChI=1S/C19H29N3O4S/c1-2-26-17-9-8-15(21-19(23)12-14-6-5-7-16(14)20)13-18(17)27(24,25)22-10-3-4-11-22/h8-9,13-14,16H,2-7,10-12,20H2,1H3,(H,21,23)/t14-,16+/m0/s1. The first-order chi connectivity index (χ1) is 12.9. The topological polar surface area (TPSA) is 102 Å². The number of ether oxygens (including phenoxy) is 1. The number of rotatable bonds is 7. The van der Waals surface area contributed by atoms with E-state index in [0.717, 1.165) is 32.1 Å². The Kier molecular flexibility index (Phi) is 6.39. The van der Waals surface area contributed by atoms with Crippen LogP contribution in [0.15, 0.2) is 23.1 Å². The molecule has 27 heavy (non-hydrogen) atoms. The number of hydrogen-bond donors (Lipinski definition) is 2. The molecule has 0 unspecified atom stereocenters.